The Morgan fingerprint density at radius 3 is 2.68 bits per heavy atom. The number of nitrogens with one attached hydrogen (secondary N) is 1. The van der Waals surface area contributed by atoms with Crippen molar-refractivity contribution >= 4 is 20.0 Å². The van der Waals surface area contributed by atoms with Gasteiger partial charge in [0, 0.05) is 25.2 Å². The van der Waals surface area contributed by atoms with Crippen LogP contribution in [0.3, 0.4) is 0 Å². The lowest BCUT2D eigenvalue weighted by atomic mass is 10.1. The highest BCUT2D eigenvalue weighted by atomic mass is 32.2. The summed E-state index contributed by atoms with van der Waals surface area (Å²) in [6, 6.07) is 1.10. The van der Waals surface area contributed by atoms with Crippen LogP contribution in [-0.4, -0.2) is 50.7 Å². The summed E-state index contributed by atoms with van der Waals surface area (Å²) >= 11 is 0. The molecule has 1 aliphatic carbocycles. The van der Waals surface area contributed by atoms with E-state index in [-0.39, 0.29) is 23.6 Å². The third-order valence-electron chi connectivity index (χ3n) is 3.86. The number of hydrogen-bond donors (Lipinski definition) is 1. The van der Waals surface area contributed by atoms with E-state index in [1.807, 2.05) is 0 Å². The fourth-order valence-electron chi connectivity index (χ4n) is 2.65. The molecule has 0 aromatic carbocycles. The van der Waals surface area contributed by atoms with Crippen LogP contribution < -0.4 is 4.72 Å². The van der Waals surface area contributed by atoms with Crippen LogP contribution in [0.15, 0.2) is 16.9 Å². The first kappa shape index (κ1) is 15.9. The molecule has 2 aliphatic rings. The summed E-state index contributed by atoms with van der Waals surface area (Å²) < 4.78 is 57.3. The maximum absolute atomic E-state index is 12.2. The van der Waals surface area contributed by atoms with Gasteiger partial charge in [-0.2, -0.15) is 0 Å². The Labute approximate surface area is 130 Å². The average molecular weight is 349 g/mol. The maximum atomic E-state index is 12.2. The van der Waals surface area contributed by atoms with Gasteiger partial charge < -0.3 is 4.52 Å². The van der Waals surface area contributed by atoms with Crippen molar-refractivity contribution in [1.29, 1.82) is 0 Å². The molecule has 0 spiro atoms. The highest BCUT2D eigenvalue weighted by Gasteiger charge is 2.41. The Bertz CT molecular complexity index is 710. The molecule has 1 atom stereocenters. The van der Waals surface area contributed by atoms with Crippen LogP contribution in [0.4, 0.5) is 0 Å². The van der Waals surface area contributed by atoms with Crippen molar-refractivity contribution < 1.29 is 21.4 Å². The highest BCUT2D eigenvalue weighted by molar-refractivity contribution is 7.90. The standard InChI is InChI=1S/C12H19N3O5S2/c16-21(17,9-11-5-7-20-13-11)14-10-2-1-6-15(8-10)22(18,19)12-3-4-12/h5,7,10,12,14H,1-4,6,8-9H2/t10-/m1/s1. The zero-order valence-electron chi connectivity index (χ0n) is 12.0. The van der Waals surface area contributed by atoms with E-state index in [2.05, 4.69) is 14.4 Å². The van der Waals surface area contributed by atoms with E-state index in [9.17, 15) is 16.8 Å². The highest BCUT2D eigenvalue weighted by Crippen LogP contribution is 2.32. The van der Waals surface area contributed by atoms with Gasteiger partial charge in [-0.25, -0.2) is 25.9 Å². The van der Waals surface area contributed by atoms with E-state index in [1.165, 1.54) is 16.6 Å². The van der Waals surface area contributed by atoms with Crippen molar-refractivity contribution in [1.82, 2.24) is 14.2 Å². The number of sulfonamides is 2. The first-order chi connectivity index (χ1) is 10.4. The minimum absolute atomic E-state index is 0.205. The summed E-state index contributed by atoms with van der Waals surface area (Å²) in [5.41, 5.74) is 0.325. The lowest BCUT2D eigenvalue weighted by Gasteiger charge is -2.32. The molecule has 124 valence electrons. The van der Waals surface area contributed by atoms with Crippen LogP contribution in [0.5, 0.6) is 0 Å². The van der Waals surface area contributed by atoms with Crippen molar-refractivity contribution in [3.63, 3.8) is 0 Å². The first-order valence-electron chi connectivity index (χ1n) is 7.25. The van der Waals surface area contributed by atoms with Gasteiger partial charge in [0.05, 0.1) is 10.9 Å². The molecule has 10 heteroatoms. The van der Waals surface area contributed by atoms with Gasteiger partial charge in [0.1, 0.15) is 12.0 Å². The van der Waals surface area contributed by atoms with Crippen molar-refractivity contribution in [2.75, 3.05) is 13.1 Å². The molecular weight excluding hydrogens is 330 g/mol. The molecule has 1 saturated carbocycles. The van der Waals surface area contributed by atoms with Gasteiger partial charge in [0.25, 0.3) is 0 Å². The zero-order valence-corrected chi connectivity index (χ0v) is 13.6. The van der Waals surface area contributed by atoms with E-state index in [0.717, 1.165) is 0 Å². The summed E-state index contributed by atoms with van der Waals surface area (Å²) in [6.07, 6.45) is 4.02. The molecule has 1 saturated heterocycles. The molecule has 3 rings (SSSR count). The van der Waals surface area contributed by atoms with Crippen molar-refractivity contribution in [3.8, 4) is 0 Å². The van der Waals surface area contributed by atoms with E-state index in [0.29, 0.717) is 37.9 Å². The van der Waals surface area contributed by atoms with E-state index in [1.54, 1.807) is 0 Å². The van der Waals surface area contributed by atoms with Gasteiger partial charge in [-0.3, -0.25) is 0 Å². The maximum Gasteiger partial charge on any atom is 0.217 e. The minimum atomic E-state index is -3.57. The van der Waals surface area contributed by atoms with Gasteiger partial charge in [-0.15, -0.1) is 0 Å². The largest absolute Gasteiger partial charge is 0.364 e. The van der Waals surface area contributed by atoms with Crippen molar-refractivity contribution in [3.05, 3.63) is 18.0 Å². The van der Waals surface area contributed by atoms with E-state index >= 15 is 0 Å². The van der Waals surface area contributed by atoms with Crippen LogP contribution >= 0.6 is 0 Å². The molecule has 0 unspecified atom stereocenters. The second-order valence-corrected chi connectivity index (χ2v) is 9.78. The minimum Gasteiger partial charge on any atom is -0.364 e. The fourth-order valence-corrected chi connectivity index (χ4v) is 5.90. The van der Waals surface area contributed by atoms with E-state index in [4.69, 9.17) is 0 Å². The molecule has 0 radical (unpaired) electrons. The first-order valence-corrected chi connectivity index (χ1v) is 10.4. The molecule has 1 N–H and O–H groups in total. The average Bonchev–Trinajstić information content (AvgIpc) is 3.19. The topological polar surface area (TPSA) is 110 Å². The Balaban J connectivity index is 1.62. The van der Waals surface area contributed by atoms with Gasteiger partial charge in [0.2, 0.25) is 20.0 Å². The van der Waals surface area contributed by atoms with Gasteiger partial charge in [-0.05, 0) is 25.7 Å². The molecule has 8 nitrogen and oxygen atoms in total. The number of nitrogens with zero attached hydrogens (tertiary/aromatic N) is 2. The smallest absolute Gasteiger partial charge is 0.217 e. The molecule has 2 fully saturated rings. The Morgan fingerprint density at radius 1 is 1.27 bits per heavy atom. The molecular formula is C12H19N3O5S2. The van der Waals surface area contributed by atoms with Gasteiger partial charge in [0.15, 0.2) is 0 Å². The number of rotatable bonds is 6. The zero-order chi connectivity index (χ0) is 15.8. The molecule has 0 bridgehead atoms. The molecule has 0 amide bonds. The van der Waals surface area contributed by atoms with Crippen LogP contribution in [0.1, 0.15) is 31.4 Å². The molecule has 1 aliphatic heterocycles. The summed E-state index contributed by atoms with van der Waals surface area (Å²) in [5, 5.41) is 3.31. The lowest BCUT2D eigenvalue weighted by molar-refractivity contribution is 0.303. The van der Waals surface area contributed by atoms with Crippen LogP contribution in [0.2, 0.25) is 0 Å². The van der Waals surface area contributed by atoms with Crippen molar-refractivity contribution in [2.45, 2.75) is 42.7 Å². The summed E-state index contributed by atoms with van der Waals surface area (Å²) in [5.74, 6) is -0.268. The Morgan fingerprint density at radius 2 is 2.05 bits per heavy atom. The van der Waals surface area contributed by atoms with Crippen LogP contribution in [-0.2, 0) is 25.8 Å². The second kappa shape index (κ2) is 5.91. The predicted octanol–water partition coefficient (Wildman–Crippen LogP) is 0.0506. The second-order valence-electron chi connectivity index (χ2n) is 5.81. The van der Waals surface area contributed by atoms with Gasteiger partial charge >= 0.3 is 0 Å². The third kappa shape index (κ3) is 3.67. The molecule has 2 heterocycles. The SMILES string of the molecule is O=S(=O)(Cc1ccon1)N[C@@H]1CCCN(S(=O)(=O)C2CC2)C1. The lowest BCUT2D eigenvalue weighted by Crippen LogP contribution is -2.50. The van der Waals surface area contributed by atoms with Crippen LogP contribution in [0, 0.1) is 0 Å². The summed E-state index contributed by atoms with van der Waals surface area (Å²) in [4.78, 5) is 0. The molecule has 1 aromatic rings. The number of aromatic nitrogens is 1. The Hall–Kier alpha value is -0.970. The predicted molar refractivity (Wildman–Crippen MR) is 78.8 cm³/mol. The Kier molecular flexibility index (Phi) is 4.27. The fraction of sp³-hybridized carbons (Fsp3) is 0.750. The van der Waals surface area contributed by atoms with Gasteiger partial charge in [-0.1, -0.05) is 5.16 Å². The monoisotopic (exact) mass is 349 g/mol. The molecule has 1 aromatic heterocycles. The quantitative estimate of drug-likeness (QED) is 0.777. The summed E-state index contributed by atoms with van der Waals surface area (Å²) in [7, 11) is -6.83. The van der Waals surface area contributed by atoms with E-state index < -0.39 is 20.0 Å². The van der Waals surface area contributed by atoms with Crippen molar-refractivity contribution in [2.24, 2.45) is 0 Å². The van der Waals surface area contributed by atoms with Crippen LogP contribution in [0.25, 0.3) is 0 Å². The number of hydrogen-bond acceptors (Lipinski definition) is 6. The summed E-state index contributed by atoms with van der Waals surface area (Å²) in [6.45, 7) is 0.678. The normalized spacial score (nSPS) is 24.5. The number of piperidine rings is 1. The third-order valence-corrected chi connectivity index (χ3v) is 7.60. The molecule has 22 heavy (non-hydrogen) atoms.